The van der Waals surface area contributed by atoms with Gasteiger partial charge in [0, 0.05) is 12.3 Å². The molecule has 0 heterocycles. The fraction of sp³-hybridized carbons (Fsp3) is 0.844. The number of carboxylic acids is 2. The highest BCUT2D eigenvalue weighted by molar-refractivity contribution is 5.76. The zero-order chi connectivity index (χ0) is 28.2. The van der Waals surface area contributed by atoms with Gasteiger partial charge >= 0.3 is 17.9 Å². The van der Waals surface area contributed by atoms with E-state index in [4.69, 9.17) is 4.74 Å². The summed E-state index contributed by atoms with van der Waals surface area (Å²) in [5.41, 5.74) is -0.720. The first-order valence-corrected chi connectivity index (χ1v) is 14.8. The Bertz CT molecular complexity index is 1080. The molecular formula is C32H48O6. The van der Waals surface area contributed by atoms with Gasteiger partial charge in [0.25, 0.3) is 0 Å². The average molecular weight is 529 g/mol. The van der Waals surface area contributed by atoms with Crippen molar-refractivity contribution in [2.24, 2.45) is 62.6 Å². The quantitative estimate of drug-likeness (QED) is 0.316. The first-order chi connectivity index (χ1) is 17.5. The lowest BCUT2D eigenvalue weighted by atomic mass is 9.34. The van der Waals surface area contributed by atoms with Crippen LogP contribution in [0.25, 0.3) is 0 Å². The van der Waals surface area contributed by atoms with Gasteiger partial charge in [0.2, 0.25) is 0 Å². The lowest BCUT2D eigenvalue weighted by Crippen LogP contribution is -2.65. The van der Waals surface area contributed by atoms with Crippen molar-refractivity contribution >= 4 is 17.9 Å². The molecule has 0 spiro atoms. The molecule has 0 aromatic rings. The van der Waals surface area contributed by atoms with Crippen molar-refractivity contribution in [1.82, 2.24) is 0 Å². The monoisotopic (exact) mass is 528 g/mol. The molecule has 6 heteroatoms. The van der Waals surface area contributed by atoms with Gasteiger partial charge in [-0.15, -0.1) is 0 Å². The van der Waals surface area contributed by atoms with Crippen LogP contribution in [0, 0.1) is 62.6 Å². The molecule has 5 saturated carbocycles. The zero-order valence-corrected chi connectivity index (χ0v) is 24.4. The normalized spacial score (nSPS) is 50.7. The van der Waals surface area contributed by atoms with Crippen LogP contribution >= 0.6 is 0 Å². The van der Waals surface area contributed by atoms with Crippen LogP contribution < -0.4 is 0 Å². The van der Waals surface area contributed by atoms with Gasteiger partial charge in [-0.2, -0.15) is 0 Å². The Balaban J connectivity index is 1.61. The van der Waals surface area contributed by atoms with Crippen molar-refractivity contribution in [3.63, 3.8) is 0 Å². The van der Waals surface area contributed by atoms with E-state index in [1.807, 2.05) is 0 Å². The van der Waals surface area contributed by atoms with E-state index in [0.717, 1.165) is 50.5 Å². The van der Waals surface area contributed by atoms with E-state index in [0.29, 0.717) is 6.42 Å². The van der Waals surface area contributed by atoms with Crippen molar-refractivity contribution < 1.29 is 29.3 Å². The Morgan fingerprint density at radius 3 is 2.03 bits per heavy atom. The maximum Gasteiger partial charge on any atom is 0.310 e. The van der Waals surface area contributed by atoms with Crippen molar-refractivity contribution in [2.75, 3.05) is 0 Å². The molecule has 2 N–H and O–H groups in total. The molecule has 38 heavy (non-hydrogen) atoms. The van der Waals surface area contributed by atoms with Crippen LogP contribution in [0.4, 0.5) is 0 Å². The molecule has 6 nitrogen and oxygen atoms in total. The second-order valence-corrected chi connectivity index (χ2v) is 15.2. The number of carbonyl (C=O) groups is 3. The molecule has 0 aromatic carbocycles. The van der Waals surface area contributed by atoms with Gasteiger partial charge in [-0.3, -0.25) is 14.4 Å². The van der Waals surface area contributed by atoms with Crippen LogP contribution in [-0.4, -0.2) is 34.2 Å². The van der Waals surface area contributed by atoms with Gasteiger partial charge in [-0.1, -0.05) is 46.8 Å². The topological polar surface area (TPSA) is 101 Å². The van der Waals surface area contributed by atoms with E-state index < -0.39 is 46.2 Å². The largest absolute Gasteiger partial charge is 0.481 e. The number of fused-ring (bicyclic) bond motifs is 7. The van der Waals surface area contributed by atoms with Crippen LogP contribution in [0.5, 0.6) is 0 Å². The molecule has 5 aliphatic rings. The molecule has 0 unspecified atom stereocenters. The molecular weight excluding hydrogens is 480 g/mol. The maximum absolute atomic E-state index is 13.0. The maximum atomic E-state index is 13.0. The molecule has 5 aliphatic carbocycles. The minimum atomic E-state index is -0.863. The van der Waals surface area contributed by atoms with Crippen LogP contribution in [0.15, 0.2) is 12.2 Å². The Labute approximate surface area is 228 Å². The fourth-order valence-electron chi connectivity index (χ4n) is 12.2. The minimum Gasteiger partial charge on any atom is -0.481 e. The number of carbonyl (C=O) groups excluding carboxylic acids is 1. The summed E-state index contributed by atoms with van der Waals surface area (Å²) in [6.07, 6.45) is 6.25. The SMILES string of the molecule is C=C(C)[C@@H]1CC[C@]2(C(=O)O)CC[C@]3(C)[C@H](CC[C@@H]4[C@@]5(C)[C@@H](C(=O)O)[C@H](OC(C)=O)C(C)(C)[C@@H]5CC[C@]43C)[C@@H]12. The second kappa shape index (κ2) is 8.33. The van der Waals surface area contributed by atoms with Crippen LogP contribution in [0.2, 0.25) is 0 Å². The Morgan fingerprint density at radius 1 is 0.816 bits per heavy atom. The number of esters is 1. The van der Waals surface area contributed by atoms with Gasteiger partial charge in [-0.05, 0) is 104 Å². The van der Waals surface area contributed by atoms with Crippen molar-refractivity contribution in [3.8, 4) is 0 Å². The summed E-state index contributed by atoms with van der Waals surface area (Å²) in [6, 6.07) is 0. The first kappa shape index (κ1) is 27.7. The first-order valence-electron chi connectivity index (χ1n) is 14.8. The number of aliphatic carboxylic acids is 2. The number of carboxylic acid groups (broad SMARTS) is 2. The summed E-state index contributed by atoms with van der Waals surface area (Å²) in [5.74, 6) is -1.78. The van der Waals surface area contributed by atoms with Crippen molar-refractivity contribution in [2.45, 2.75) is 106 Å². The number of allylic oxidation sites excluding steroid dienone is 1. The standard InChI is InChI=1S/C32H48O6/c1-17(2)19-11-14-32(27(36)37)16-15-29(6)20(23(19)32)9-10-22-30(29,7)13-12-21-28(4,5)25(38-18(3)33)24(26(34)35)31(21,22)8/h19-25H,1,9-16H2,2-8H3,(H,34,35)(H,36,37)/t19-,20+,21-,22-,23+,24+,25-,29+,30+,31-,32-/m0/s1. The Hall–Kier alpha value is -1.85. The lowest BCUT2D eigenvalue weighted by Gasteiger charge is -2.70. The molecule has 0 saturated heterocycles. The smallest absolute Gasteiger partial charge is 0.310 e. The summed E-state index contributed by atoms with van der Waals surface area (Å²) in [6.45, 7) is 18.9. The van der Waals surface area contributed by atoms with E-state index in [2.05, 4.69) is 48.1 Å². The molecule has 11 atom stereocenters. The van der Waals surface area contributed by atoms with Crippen molar-refractivity contribution in [3.05, 3.63) is 12.2 Å². The highest BCUT2D eigenvalue weighted by Crippen LogP contribution is 2.79. The number of hydrogen-bond donors (Lipinski definition) is 2. The summed E-state index contributed by atoms with van der Waals surface area (Å²) < 4.78 is 5.84. The van der Waals surface area contributed by atoms with Gasteiger partial charge in [0.15, 0.2) is 0 Å². The van der Waals surface area contributed by atoms with E-state index in [1.165, 1.54) is 6.92 Å². The predicted octanol–water partition coefficient (Wildman–Crippen LogP) is 6.58. The van der Waals surface area contributed by atoms with Crippen LogP contribution in [0.1, 0.15) is 99.8 Å². The molecule has 0 radical (unpaired) electrons. The highest BCUT2D eigenvalue weighted by Gasteiger charge is 2.76. The number of rotatable bonds is 4. The average Bonchev–Trinajstić information content (AvgIpc) is 3.27. The Morgan fingerprint density at radius 2 is 1.47 bits per heavy atom. The summed E-state index contributed by atoms with van der Waals surface area (Å²) in [7, 11) is 0. The molecule has 0 aliphatic heterocycles. The highest BCUT2D eigenvalue weighted by atomic mass is 16.5. The van der Waals surface area contributed by atoms with Crippen molar-refractivity contribution in [1.29, 1.82) is 0 Å². The van der Waals surface area contributed by atoms with Crippen LogP contribution in [-0.2, 0) is 19.1 Å². The summed E-state index contributed by atoms with van der Waals surface area (Å²) in [5, 5.41) is 21.2. The number of ether oxygens (including phenoxy) is 1. The van der Waals surface area contributed by atoms with E-state index in [9.17, 15) is 24.6 Å². The van der Waals surface area contributed by atoms with E-state index in [1.54, 1.807) is 0 Å². The third-order valence-corrected chi connectivity index (χ3v) is 13.8. The predicted molar refractivity (Wildman–Crippen MR) is 144 cm³/mol. The molecule has 5 fully saturated rings. The lowest BCUT2D eigenvalue weighted by molar-refractivity contribution is -0.228. The van der Waals surface area contributed by atoms with Crippen LogP contribution in [0.3, 0.4) is 0 Å². The van der Waals surface area contributed by atoms with E-state index >= 15 is 0 Å². The third kappa shape index (κ3) is 3.15. The van der Waals surface area contributed by atoms with Gasteiger partial charge in [-0.25, -0.2) is 0 Å². The summed E-state index contributed by atoms with van der Waals surface area (Å²) >= 11 is 0. The summed E-state index contributed by atoms with van der Waals surface area (Å²) in [4.78, 5) is 38.0. The van der Waals surface area contributed by atoms with Gasteiger partial charge in [0.1, 0.15) is 12.0 Å². The fourth-order valence-corrected chi connectivity index (χ4v) is 12.2. The van der Waals surface area contributed by atoms with Gasteiger partial charge < -0.3 is 14.9 Å². The molecule has 0 amide bonds. The molecule has 5 rings (SSSR count). The Kier molecular flexibility index (Phi) is 6.07. The molecule has 0 bridgehead atoms. The van der Waals surface area contributed by atoms with Gasteiger partial charge in [0.05, 0.1) is 5.41 Å². The zero-order valence-electron chi connectivity index (χ0n) is 24.4. The third-order valence-electron chi connectivity index (χ3n) is 13.8. The molecule has 212 valence electrons. The second-order valence-electron chi connectivity index (χ2n) is 15.2. The minimum absolute atomic E-state index is 0.0851. The number of hydrogen-bond acceptors (Lipinski definition) is 4. The van der Waals surface area contributed by atoms with E-state index in [-0.39, 0.29) is 40.4 Å². The molecule has 0 aromatic heterocycles.